The fraction of sp³-hybridized carbons (Fsp3) is 0.111. The van der Waals surface area contributed by atoms with Crippen molar-refractivity contribution >= 4 is 68.3 Å². The van der Waals surface area contributed by atoms with E-state index in [9.17, 15) is 47.9 Å². The Balaban J connectivity index is 2.10. The molecule has 6 N–H and O–H groups in total. The van der Waals surface area contributed by atoms with Gasteiger partial charge in [0.1, 0.15) is 22.0 Å². The van der Waals surface area contributed by atoms with E-state index >= 15 is 0 Å². The van der Waals surface area contributed by atoms with Crippen LogP contribution in [0.4, 0.5) is 17.1 Å². The van der Waals surface area contributed by atoms with Crippen LogP contribution in [0.1, 0.15) is 0 Å². The number of nitrogens with zero attached hydrogens (tertiary/aromatic N) is 2. The van der Waals surface area contributed by atoms with E-state index in [0.717, 1.165) is 18.2 Å². The fourth-order valence-electron chi connectivity index (χ4n) is 3.12. The number of azo groups is 1. The van der Waals surface area contributed by atoms with Crippen LogP contribution in [0.3, 0.4) is 0 Å². The predicted octanol–water partition coefficient (Wildman–Crippen LogP) is 1.63. The first-order valence-corrected chi connectivity index (χ1v) is 15.6. The molecule has 0 saturated carbocycles. The molecule has 0 aromatic heterocycles. The van der Waals surface area contributed by atoms with Gasteiger partial charge in [0, 0.05) is 6.07 Å². The van der Waals surface area contributed by atoms with E-state index in [1.54, 1.807) is 0 Å². The van der Waals surface area contributed by atoms with Crippen LogP contribution in [-0.2, 0) is 44.7 Å². The van der Waals surface area contributed by atoms with Gasteiger partial charge in [-0.1, -0.05) is 6.07 Å². The number of phenols is 1. The zero-order chi connectivity index (χ0) is 28.7. The topological polar surface area (TPSA) is 277 Å². The second-order valence-corrected chi connectivity index (χ2v) is 13.4. The van der Waals surface area contributed by atoms with Crippen LogP contribution < -0.4 is 5.73 Å². The lowest BCUT2D eigenvalue weighted by molar-refractivity contribution is 0.284. The van der Waals surface area contributed by atoms with Crippen molar-refractivity contribution in [2.75, 3.05) is 18.1 Å². The van der Waals surface area contributed by atoms with Gasteiger partial charge in [-0.3, -0.25) is 13.7 Å². The smallest absolute Gasteiger partial charge is 0.397 e. The monoisotopic (exact) mass is 611 g/mol. The number of benzene rings is 3. The molecule has 3 rings (SSSR count). The lowest BCUT2D eigenvalue weighted by Gasteiger charge is -2.10. The second kappa shape index (κ2) is 10.1. The first-order valence-electron chi connectivity index (χ1n) is 9.70. The summed E-state index contributed by atoms with van der Waals surface area (Å²) in [5, 5.41) is 17.7. The van der Waals surface area contributed by atoms with Crippen molar-refractivity contribution in [2.24, 2.45) is 10.2 Å². The average molecular weight is 612 g/mol. The normalized spacial score (nSPS) is 13.3. The molecule has 3 aromatic carbocycles. The Morgan fingerprint density at radius 1 is 0.789 bits per heavy atom. The number of fused-ring (bicyclic) bond motifs is 1. The Hall–Kier alpha value is -3.24. The lowest BCUT2D eigenvalue weighted by atomic mass is 10.1. The molecule has 0 aliphatic carbocycles. The number of anilines is 1. The maximum atomic E-state index is 12.4. The zero-order valence-electron chi connectivity index (χ0n) is 18.5. The van der Waals surface area contributed by atoms with E-state index in [4.69, 9.17) is 10.3 Å². The van der Waals surface area contributed by atoms with Gasteiger partial charge in [0.2, 0.25) is 0 Å². The van der Waals surface area contributed by atoms with Gasteiger partial charge in [0.05, 0.1) is 33.2 Å². The first kappa shape index (κ1) is 29.3. The van der Waals surface area contributed by atoms with Gasteiger partial charge < -0.3 is 10.8 Å². The van der Waals surface area contributed by atoms with Gasteiger partial charge in [-0.05, 0) is 35.7 Å². The Morgan fingerprint density at radius 2 is 1.45 bits per heavy atom. The third-order valence-electron chi connectivity index (χ3n) is 4.78. The number of sulfone groups is 1. The Kier molecular flexibility index (Phi) is 7.83. The summed E-state index contributed by atoms with van der Waals surface area (Å²) >= 11 is 0. The number of aromatic hydroxyl groups is 1. The molecule has 0 unspecified atom stereocenters. The largest absolute Gasteiger partial charge is 0.507 e. The Labute approximate surface area is 215 Å². The summed E-state index contributed by atoms with van der Waals surface area (Å²) in [6.07, 6.45) is 0. The quantitative estimate of drug-likeness (QED) is 0.131. The number of nitrogen functional groups attached to an aromatic ring is 1. The van der Waals surface area contributed by atoms with E-state index in [-0.39, 0.29) is 22.1 Å². The van der Waals surface area contributed by atoms with Crippen LogP contribution in [0, 0.1) is 0 Å². The van der Waals surface area contributed by atoms with Crippen molar-refractivity contribution in [2.45, 2.75) is 14.7 Å². The molecule has 0 fully saturated rings. The van der Waals surface area contributed by atoms with Crippen LogP contribution in [-0.4, -0.2) is 64.8 Å². The molecular formula is C18H17N3O13S4. The van der Waals surface area contributed by atoms with Crippen molar-refractivity contribution < 1.29 is 56.6 Å². The maximum absolute atomic E-state index is 12.4. The highest BCUT2D eigenvalue weighted by Gasteiger charge is 2.23. The number of hydrogen-bond acceptors (Lipinski definition) is 13. The number of hydrogen-bond donors (Lipinski definition) is 5. The van der Waals surface area contributed by atoms with Crippen LogP contribution in [0.5, 0.6) is 5.75 Å². The molecule has 0 amide bonds. The van der Waals surface area contributed by atoms with Gasteiger partial charge in [-0.25, -0.2) is 12.6 Å². The third-order valence-corrected chi connectivity index (χ3v) is 8.64. The van der Waals surface area contributed by atoms with Gasteiger partial charge in [-0.2, -0.15) is 25.3 Å². The second-order valence-electron chi connectivity index (χ2n) is 7.39. The molecule has 38 heavy (non-hydrogen) atoms. The molecule has 0 heterocycles. The fourth-order valence-corrected chi connectivity index (χ4v) is 5.89. The van der Waals surface area contributed by atoms with E-state index in [1.165, 1.54) is 12.1 Å². The van der Waals surface area contributed by atoms with E-state index < -0.39 is 79.0 Å². The number of phenolic OH excluding ortho intramolecular Hbond substituents is 1. The zero-order valence-corrected chi connectivity index (χ0v) is 21.8. The molecule has 3 aromatic rings. The van der Waals surface area contributed by atoms with Gasteiger partial charge in [0.25, 0.3) is 20.2 Å². The first-order chi connectivity index (χ1) is 17.3. The van der Waals surface area contributed by atoms with Gasteiger partial charge in [0.15, 0.2) is 9.84 Å². The predicted molar refractivity (Wildman–Crippen MR) is 130 cm³/mol. The minimum atomic E-state index is -5.11. The molecule has 206 valence electrons. The Bertz CT molecular complexity index is 1900. The van der Waals surface area contributed by atoms with E-state index in [2.05, 4.69) is 14.4 Å². The molecule has 16 nitrogen and oxygen atoms in total. The van der Waals surface area contributed by atoms with Crippen molar-refractivity contribution in [3.8, 4) is 5.75 Å². The molecule has 0 aliphatic rings. The minimum absolute atomic E-state index is 0.0457. The number of rotatable bonds is 9. The van der Waals surface area contributed by atoms with Gasteiger partial charge in [-0.15, -0.1) is 10.2 Å². The molecule has 0 aliphatic heterocycles. The summed E-state index contributed by atoms with van der Waals surface area (Å²) in [6, 6.07) is 6.50. The molecular weight excluding hydrogens is 594 g/mol. The highest BCUT2D eigenvalue weighted by molar-refractivity contribution is 7.91. The summed E-state index contributed by atoms with van der Waals surface area (Å²) < 4.78 is 124. The van der Waals surface area contributed by atoms with Crippen molar-refractivity contribution in [1.82, 2.24) is 0 Å². The summed E-state index contributed by atoms with van der Waals surface area (Å²) in [7, 11) is -19.1. The van der Waals surface area contributed by atoms with Crippen LogP contribution in [0.2, 0.25) is 0 Å². The molecule has 0 saturated heterocycles. The Morgan fingerprint density at radius 3 is 2.03 bits per heavy atom. The molecule has 0 radical (unpaired) electrons. The lowest BCUT2D eigenvalue weighted by Crippen LogP contribution is -2.16. The number of nitrogens with two attached hydrogens (primary N) is 1. The molecule has 0 spiro atoms. The summed E-state index contributed by atoms with van der Waals surface area (Å²) in [5.41, 5.74) is 4.93. The minimum Gasteiger partial charge on any atom is -0.507 e. The van der Waals surface area contributed by atoms with E-state index in [1.807, 2.05) is 0 Å². The maximum Gasteiger partial charge on any atom is 0.397 e. The van der Waals surface area contributed by atoms with Crippen molar-refractivity contribution in [3.05, 3.63) is 42.5 Å². The summed E-state index contributed by atoms with van der Waals surface area (Å²) in [6.45, 7) is -0.993. The highest BCUT2D eigenvalue weighted by atomic mass is 32.3. The summed E-state index contributed by atoms with van der Waals surface area (Å²) in [4.78, 5) is -2.33. The SMILES string of the molecule is Nc1ccc2cc(S(=O)(=O)O)cc(O)c2c1/N=N/c1ccc(S(=O)(=O)CCOS(=O)(=O)O)cc1S(=O)(=O)O. The average Bonchev–Trinajstić information content (AvgIpc) is 2.76. The van der Waals surface area contributed by atoms with Crippen molar-refractivity contribution in [3.63, 3.8) is 0 Å². The van der Waals surface area contributed by atoms with E-state index in [0.29, 0.717) is 12.1 Å². The summed E-state index contributed by atoms with van der Waals surface area (Å²) in [5.74, 6) is -1.67. The van der Waals surface area contributed by atoms with Crippen LogP contribution >= 0.6 is 0 Å². The molecule has 0 atom stereocenters. The van der Waals surface area contributed by atoms with Crippen LogP contribution in [0.25, 0.3) is 10.8 Å². The highest BCUT2D eigenvalue weighted by Crippen LogP contribution is 2.41. The molecule has 20 heteroatoms. The standard InChI is InChI=1S/C18H17N3O13S4/c19-13-3-1-10-7-12(36(25,26)27)8-15(22)17(10)18(13)21-20-14-4-2-11(9-16(14)37(28,29)30)35(23,24)6-5-34-38(31,32)33/h1-4,7-9,22H,5-6,19H2,(H,25,26,27)(H,28,29,30)(H,31,32,33)/b21-20+. The molecule has 0 bridgehead atoms. The van der Waals surface area contributed by atoms with Crippen LogP contribution in [0.15, 0.2) is 67.4 Å². The van der Waals surface area contributed by atoms with Gasteiger partial charge >= 0.3 is 10.4 Å². The third kappa shape index (κ3) is 6.79. The van der Waals surface area contributed by atoms with Crippen molar-refractivity contribution in [1.29, 1.82) is 0 Å².